The molecule has 1 unspecified atom stereocenters. The lowest BCUT2D eigenvalue weighted by Gasteiger charge is -2.28. The van der Waals surface area contributed by atoms with Gasteiger partial charge in [0.25, 0.3) is 5.91 Å². The van der Waals surface area contributed by atoms with Crippen LogP contribution >= 0.6 is 0 Å². The maximum atomic E-state index is 12.2. The predicted octanol–water partition coefficient (Wildman–Crippen LogP) is 2.19. The fraction of sp³-hybridized carbons (Fsp3) is 0.467. The third-order valence-corrected chi connectivity index (χ3v) is 3.67. The van der Waals surface area contributed by atoms with Crippen LogP contribution in [-0.4, -0.2) is 35.0 Å². The van der Waals surface area contributed by atoms with Crippen molar-refractivity contribution in [2.24, 2.45) is 5.92 Å². The van der Waals surface area contributed by atoms with E-state index < -0.39 is 5.97 Å². The molecule has 1 heterocycles. The maximum Gasteiger partial charge on any atom is 0.306 e. The van der Waals surface area contributed by atoms with Gasteiger partial charge in [0, 0.05) is 18.7 Å². The Balaban J connectivity index is 1.90. The van der Waals surface area contributed by atoms with E-state index in [0.29, 0.717) is 13.0 Å². The number of aliphatic carboxylic acids is 1. The van der Waals surface area contributed by atoms with Gasteiger partial charge in [0.2, 0.25) is 0 Å². The Morgan fingerprint density at radius 2 is 2.16 bits per heavy atom. The summed E-state index contributed by atoms with van der Waals surface area (Å²) >= 11 is 0. The van der Waals surface area contributed by atoms with Crippen molar-refractivity contribution < 1.29 is 14.7 Å². The second-order valence-corrected chi connectivity index (χ2v) is 5.08. The Morgan fingerprint density at radius 1 is 1.42 bits per heavy atom. The fourth-order valence-electron chi connectivity index (χ4n) is 2.40. The van der Waals surface area contributed by atoms with Crippen LogP contribution in [0.1, 0.15) is 35.7 Å². The number of benzene rings is 1. The predicted molar refractivity (Wildman–Crippen MR) is 72.1 cm³/mol. The zero-order chi connectivity index (χ0) is 13.8. The SMILES string of the molecule is CC(CCCN1CCc2ccccc2C1=O)C(=O)O. The molecule has 1 aliphatic heterocycles. The Bertz CT molecular complexity index is 484. The van der Waals surface area contributed by atoms with E-state index >= 15 is 0 Å². The molecule has 4 nitrogen and oxygen atoms in total. The summed E-state index contributed by atoms with van der Waals surface area (Å²) in [4.78, 5) is 24.8. The molecule has 4 heteroatoms. The number of fused-ring (bicyclic) bond motifs is 1. The molecule has 102 valence electrons. The molecular weight excluding hydrogens is 242 g/mol. The number of carbonyl (C=O) groups excluding carboxylic acids is 1. The van der Waals surface area contributed by atoms with E-state index in [2.05, 4.69) is 0 Å². The number of hydrogen-bond donors (Lipinski definition) is 1. The summed E-state index contributed by atoms with van der Waals surface area (Å²) < 4.78 is 0. The maximum absolute atomic E-state index is 12.2. The van der Waals surface area contributed by atoms with Crippen LogP contribution < -0.4 is 0 Å². The van der Waals surface area contributed by atoms with Crippen molar-refractivity contribution in [3.63, 3.8) is 0 Å². The first-order valence-corrected chi connectivity index (χ1v) is 6.69. The zero-order valence-corrected chi connectivity index (χ0v) is 11.1. The normalized spacial score (nSPS) is 16.1. The quantitative estimate of drug-likeness (QED) is 0.884. The Morgan fingerprint density at radius 3 is 2.89 bits per heavy atom. The second kappa shape index (κ2) is 5.87. The number of hydrogen-bond acceptors (Lipinski definition) is 2. The highest BCUT2D eigenvalue weighted by atomic mass is 16.4. The molecule has 1 aliphatic rings. The van der Waals surface area contributed by atoms with Gasteiger partial charge < -0.3 is 10.0 Å². The van der Waals surface area contributed by atoms with E-state index in [-0.39, 0.29) is 11.8 Å². The molecule has 2 rings (SSSR count). The Hall–Kier alpha value is -1.84. The average Bonchev–Trinajstić information content (AvgIpc) is 2.41. The van der Waals surface area contributed by atoms with Crippen LogP contribution in [0.3, 0.4) is 0 Å². The summed E-state index contributed by atoms with van der Waals surface area (Å²) in [6.07, 6.45) is 2.23. The van der Waals surface area contributed by atoms with Gasteiger partial charge in [-0.25, -0.2) is 0 Å². The molecule has 0 radical (unpaired) electrons. The second-order valence-electron chi connectivity index (χ2n) is 5.08. The van der Waals surface area contributed by atoms with E-state index in [1.165, 1.54) is 0 Å². The molecule has 19 heavy (non-hydrogen) atoms. The number of rotatable bonds is 5. The average molecular weight is 261 g/mol. The minimum Gasteiger partial charge on any atom is -0.481 e. The molecule has 1 aromatic carbocycles. The topological polar surface area (TPSA) is 57.6 Å². The van der Waals surface area contributed by atoms with Crippen LogP contribution in [0.25, 0.3) is 0 Å². The van der Waals surface area contributed by atoms with Crippen molar-refractivity contribution >= 4 is 11.9 Å². The summed E-state index contributed by atoms with van der Waals surface area (Å²) in [7, 11) is 0. The van der Waals surface area contributed by atoms with Crippen molar-refractivity contribution in [2.45, 2.75) is 26.2 Å². The van der Waals surface area contributed by atoms with Gasteiger partial charge in [-0.15, -0.1) is 0 Å². The molecule has 0 aliphatic carbocycles. The molecule has 0 spiro atoms. The highest BCUT2D eigenvalue weighted by molar-refractivity contribution is 5.96. The third kappa shape index (κ3) is 3.13. The molecule has 1 N–H and O–H groups in total. The minimum atomic E-state index is -0.768. The first-order valence-electron chi connectivity index (χ1n) is 6.69. The van der Waals surface area contributed by atoms with Crippen molar-refractivity contribution in [1.82, 2.24) is 4.90 Å². The fourth-order valence-corrected chi connectivity index (χ4v) is 2.40. The number of carboxylic acid groups (broad SMARTS) is 1. The number of nitrogens with zero attached hydrogens (tertiary/aromatic N) is 1. The number of carboxylic acids is 1. The molecule has 0 fully saturated rings. The summed E-state index contributed by atoms with van der Waals surface area (Å²) in [6.45, 7) is 3.08. The van der Waals surface area contributed by atoms with Gasteiger partial charge in [-0.05, 0) is 30.9 Å². The van der Waals surface area contributed by atoms with Gasteiger partial charge in [-0.1, -0.05) is 25.1 Å². The summed E-state index contributed by atoms with van der Waals surface area (Å²) in [5.41, 5.74) is 1.91. The highest BCUT2D eigenvalue weighted by Crippen LogP contribution is 2.19. The molecule has 1 amide bonds. The lowest BCUT2D eigenvalue weighted by molar-refractivity contribution is -0.141. The van der Waals surface area contributed by atoms with Gasteiger partial charge in [0.15, 0.2) is 0 Å². The summed E-state index contributed by atoms with van der Waals surface area (Å²) in [6, 6.07) is 7.70. The van der Waals surface area contributed by atoms with E-state index in [1.807, 2.05) is 29.2 Å². The van der Waals surface area contributed by atoms with Crippen molar-refractivity contribution in [3.8, 4) is 0 Å². The van der Waals surface area contributed by atoms with E-state index in [0.717, 1.165) is 30.5 Å². The monoisotopic (exact) mass is 261 g/mol. The van der Waals surface area contributed by atoms with Gasteiger partial charge in [0.1, 0.15) is 0 Å². The molecule has 0 saturated heterocycles. The van der Waals surface area contributed by atoms with Crippen molar-refractivity contribution in [1.29, 1.82) is 0 Å². The van der Waals surface area contributed by atoms with E-state index in [4.69, 9.17) is 5.11 Å². The van der Waals surface area contributed by atoms with Crippen LogP contribution in [0.2, 0.25) is 0 Å². The van der Waals surface area contributed by atoms with Gasteiger partial charge in [-0.2, -0.15) is 0 Å². The van der Waals surface area contributed by atoms with E-state index in [9.17, 15) is 9.59 Å². The summed E-state index contributed by atoms with van der Waals surface area (Å²) in [5, 5.41) is 8.82. The molecular formula is C15H19NO3. The van der Waals surface area contributed by atoms with E-state index in [1.54, 1.807) is 6.92 Å². The van der Waals surface area contributed by atoms with Crippen LogP contribution in [0.4, 0.5) is 0 Å². The lowest BCUT2D eigenvalue weighted by Crippen LogP contribution is -2.38. The standard InChI is InChI=1S/C15H19NO3/c1-11(15(18)19)5-4-9-16-10-8-12-6-2-3-7-13(12)14(16)17/h2-3,6-7,11H,4-5,8-10H2,1H3,(H,18,19). The molecule has 1 atom stereocenters. The minimum absolute atomic E-state index is 0.0739. The van der Waals surface area contributed by atoms with Crippen LogP contribution in [0, 0.1) is 5.92 Å². The Kier molecular flexibility index (Phi) is 4.20. The zero-order valence-electron chi connectivity index (χ0n) is 11.1. The summed E-state index contributed by atoms with van der Waals surface area (Å²) in [5.74, 6) is -1.03. The van der Waals surface area contributed by atoms with Gasteiger partial charge >= 0.3 is 5.97 Å². The molecule has 0 saturated carbocycles. The van der Waals surface area contributed by atoms with Gasteiger partial charge in [-0.3, -0.25) is 9.59 Å². The van der Waals surface area contributed by atoms with Gasteiger partial charge in [0.05, 0.1) is 5.92 Å². The van der Waals surface area contributed by atoms with Crippen LogP contribution in [0.5, 0.6) is 0 Å². The molecule has 0 bridgehead atoms. The lowest BCUT2D eigenvalue weighted by atomic mass is 9.98. The van der Waals surface area contributed by atoms with Crippen LogP contribution in [-0.2, 0) is 11.2 Å². The Labute approximate surface area is 113 Å². The molecule has 1 aromatic rings. The largest absolute Gasteiger partial charge is 0.481 e. The third-order valence-electron chi connectivity index (χ3n) is 3.67. The molecule has 0 aromatic heterocycles. The number of carbonyl (C=O) groups is 2. The van der Waals surface area contributed by atoms with Crippen molar-refractivity contribution in [3.05, 3.63) is 35.4 Å². The smallest absolute Gasteiger partial charge is 0.306 e. The number of amides is 1. The first kappa shape index (κ1) is 13.6. The first-order chi connectivity index (χ1) is 9.09. The van der Waals surface area contributed by atoms with Crippen molar-refractivity contribution in [2.75, 3.05) is 13.1 Å². The van der Waals surface area contributed by atoms with Crippen LogP contribution in [0.15, 0.2) is 24.3 Å². The highest BCUT2D eigenvalue weighted by Gasteiger charge is 2.23.